The second-order valence-corrected chi connectivity index (χ2v) is 6.42. The number of nitrogens with one attached hydrogen (secondary N) is 2. The van der Waals surface area contributed by atoms with E-state index in [1.165, 1.54) is 12.3 Å². The zero-order valence-electron chi connectivity index (χ0n) is 15.5. The quantitative estimate of drug-likeness (QED) is 0.485. The van der Waals surface area contributed by atoms with Gasteiger partial charge in [0, 0.05) is 5.69 Å². The van der Waals surface area contributed by atoms with E-state index in [9.17, 15) is 9.59 Å². The van der Waals surface area contributed by atoms with Gasteiger partial charge in [0.1, 0.15) is 5.70 Å². The first-order chi connectivity index (χ1) is 14.2. The molecule has 29 heavy (non-hydrogen) atoms. The second kappa shape index (κ2) is 8.27. The van der Waals surface area contributed by atoms with Crippen molar-refractivity contribution >= 4 is 34.4 Å². The standard InChI is InChI=1S/C24H18N2O3/c27-23(25-20-13-12-18-9-4-5-10-19(18)16-20)21(15-17-7-2-1-3-8-17)26-24(28)22-11-6-14-29-22/h1-16H,(H,25,27)(H,26,28)/b21-15-. The predicted molar refractivity (Wildman–Crippen MR) is 113 cm³/mol. The molecule has 142 valence electrons. The minimum absolute atomic E-state index is 0.116. The van der Waals surface area contributed by atoms with E-state index in [1.54, 1.807) is 12.1 Å². The smallest absolute Gasteiger partial charge is 0.291 e. The first kappa shape index (κ1) is 18.3. The number of fused-ring (bicyclic) bond motifs is 1. The van der Waals surface area contributed by atoms with Crippen LogP contribution in [0, 0.1) is 0 Å². The number of carbonyl (C=O) groups is 2. The van der Waals surface area contributed by atoms with Gasteiger partial charge in [0.25, 0.3) is 11.8 Å². The zero-order chi connectivity index (χ0) is 20.1. The van der Waals surface area contributed by atoms with E-state index in [-0.39, 0.29) is 11.5 Å². The molecule has 5 heteroatoms. The molecule has 0 saturated carbocycles. The molecule has 3 aromatic carbocycles. The lowest BCUT2D eigenvalue weighted by molar-refractivity contribution is -0.113. The van der Waals surface area contributed by atoms with E-state index in [0.29, 0.717) is 5.69 Å². The third kappa shape index (κ3) is 4.42. The van der Waals surface area contributed by atoms with Crippen LogP contribution < -0.4 is 10.6 Å². The molecule has 4 rings (SSSR count). The van der Waals surface area contributed by atoms with Gasteiger partial charge in [-0.25, -0.2) is 0 Å². The maximum Gasteiger partial charge on any atom is 0.291 e. The summed E-state index contributed by atoms with van der Waals surface area (Å²) in [6.45, 7) is 0. The van der Waals surface area contributed by atoms with Gasteiger partial charge in [-0.3, -0.25) is 9.59 Å². The molecule has 0 aliphatic rings. The fraction of sp³-hybridized carbons (Fsp3) is 0. The Kier molecular flexibility index (Phi) is 5.21. The van der Waals surface area contributed by atoms with Crippen molar-refractivity contribution in [3.05, 3.63) is 108 Å². The highest BCUT2D eigenvalue weighted by Gasteiger charge is 2.16. The summed E-state index contributed by atoms with van der Waals surface area (Å²) >= 11 is 0. The van der Waals surface area contributed by atoms with Gasteiger partial charge in [-0.05, 0) is 46.7 Å². The highest BCUT2D eigenvalue weighted by molar-refractivity contribution is 6.10. The molecule has 2 amide bonds. The number of anilines is 1. The zero-order valence-corrected chi connectivity index (χ0v) is 15.5. The Morgan fingerprint density at radius 3 is 2.31 bits per heavy atom. The van der Waals surface area contributed by atoms with Crippen LogP contribution in [0.5, 0.6) is 0 Å². The fourth-order valence-electron chi connectivity index (χ4n) is 2.93. The van der Waals surface area contributed by atoms with Crippen molar-refractivity contribution in [2.75, 3.05) is 5.32 Å². The summed E-state index contributed by atoms with van der Waals surface area (Å²) in [6, 6.07) is 26.0. The van der Waals surface area contributed by atoms with Gasteiger partial charge < -0.3 is 15.1 Å². The van der Waals surface area contributed by atoms with Crippen LogP contribution in [-0.2, 0) is 4.79 Å². The van der Waals surface area contributed by atoms with Crippen molar-refractivity contribution in [2.24, 2.45) is 0 Å². The van der Waals surface area contributed by atoms with Crippen molar-refractivity contribution in [3.63, 3.8) is 0 Å². The molecule has 0 fully saturated rings. The molecule has 0 atom stereocenters. The average Bonchev–Trinajstić information content (AvgIpc) is 3.29. The number of hydrogen-bond acceptors (Lipinski definition) is 3. The summed E-state index contributed by atoms with van der Waals surface area (Å²) in [5, 5.41) is 7.59. The van der Waals surface area contributed by atoms with Crippen LogP contribution in [0.4, 0.5) is 5.69 Å². The van der Waals surface area contributed by atoms with E-state index >= 15 is 0 Å². The fourth-order valence-corrected chi connectivity index (χ4v) is 2.93. The number of hydrogen-bond donors (Lipinski definition) is 2. The SMILES string of the molecule is O=C(Nc1ccc2ccccc2c1)/C(=C/c1ccccc1)NC(=O)c1ccco1. The van der Waals surface area contributed by atoms with E-state index in [1.807, 2.05) is 72.8 Å². The summed E-state index contributed by atoms with van der Waals surface area (Å²) in [5.41, 5.74) is 1.54. The van der Waals surface area contributed by atoms with Crippen molar-refractivity contribution in [2.45, 2.75) is 0 Å². The largest absolute Gasteiger partial charge is 0.459 e. The monoisotopic (exact) mass is 382 g/mol. The third-order valence-corrected chi connectivity index (χ3v) is 4.36. The molecule has 5 nitrogen and oxygen atoms in total. The van der Waals surface area contributed by atoms with Crippen molar-refractivity contribution in [1.82, 2.24) is 5.32 Å². The molecule has 0 aliphatic heterocycles. The Morgan fingerprint density at radius 2 is 1.55 bits per heavy atom. The van der Waals surface area contributed by atoms with Gasteiger partial charge in [0.15, 0.2) is 5.76 Å². The van der Waals surface area contributed by atoms with Crippen LogP contribution >= 0.6 is 0 Å². The van der Waals surface area contributed by atoms with Crippen LogP contribution in [0.15, 0.2) is 101 Å². The molecular formula is C24H18N2O3. The third-order valence-electron chi connectivity index (χ3n) is 4.36. The number of rotatable bonds is 5. The summed E-state index contributed by atoms with van der Waals surface area (Å²) in [6.07, 6.45) is 3.03. The number of furan rings is 1. The predicted octanol–water partition coefficient (Wildman–Crippen LogP) is 4.84. The van der Waals surface area contributed by atoms with Crippen LogP contribution in [-0.4, -0.2) is 11.8 Å². The Bertz CT molecular complexity index is 1180. The lowest BCUT2D eigenvalue weighted by Gasteiger charge is -2.11. The van der Waals surface area contributed by atoms with Gasteiger partial charge in [-0.15, -0.1) is 0 Å². The van der Waals surface area contributed by atoms with Gasteiger partial charge in [-0.2, -0.15) is 0 Å². The summed E-state index contributed by atoms with van der Waals surface area (Å²) in [5.74, 6) is -0.794. The normalized spacial score (nSPS) is 11.2. The summed E-state index contributed by atoms with van der Waals surface area (Å²) in [4.78, 5) is 25.3. The second-order valence-electron chi connectivity index (χ2n) is 6.42. The van der Waals surface area contributed by atoms with E-state index in [0.717, 1.165) is 16.3 Å². The number of amides is 2. The summed E-state index contributed by atoms with van der Waals surface area (Å²) < 4.78 is 5.12. The number of carbonyl (C=O) groups excluding carboxylic acids is 2. The van der Waals surface area contributed by atoms with Crippen LogP contribution in [0.25, 0.3) is 16.8 Å². The van der Waals surface area contributed by atoms with Crippen LogP contribution in [0.2, 0.25) is 0 Å². The van der Waals surface area contributed by atoms with Crippen molar-refractivity contribution in [1.29, 1.82) is 0 Å². The van der Waals surface area contributed by atoms with Gasteiger partial charge in [0.05, 0.1) is 6.26 Å². The Balaban J connectivity index is 1.61. The molecule has 0 bridgehead atoms. The van der Waals surface area contributed by atoms with Crippen molar-refractivity contribution in [3.8, 4) is 0 Å². The lowest BCUT2D eigenvalue weighted by Crippen LogP contribution is -2.30. The minimum atomic E-state index is -0.495. The maximum atomic E-state index is 12.9. The molecule has 2 N–H and O–H groups in total. The van der Waals surface area contributed by atoms with Gasteiger partial charge in [-0.1, -0.05) is 60.7 Å². The molecule has 4 aromatic rings. The average molecular weight is 382 g/mol. The Labute approximate surface area is 167 Å². The highest BCUT2D eigenvalue weighted by atomic mass is 16.3. The van der Waals surface area contributed by atoms with E-state index in [2.05, 4.69) is 10.6 Å². The first-order valence-corrected chi connectivity index (χ1v) is 9.11. The maximum absolute atomic E-state index is 12.9. The van der Waals surface area contributed by atoms with E-state index < -0.39 is 11.8 Å². The van der Waals surface area contributed by atoms with Crippen LogP contribution in [0.3, 0.4) is 0 Å². The first-order valence-electron chi connectivity index (χ1n) is 9.11. The van der Waals surface area contributed by atoms with Gasteiger partial charge in [0.2, 0.25) is 0 Å². The highest BCUT2D eigenvalue weighted by Crippen LogP contribution is 2.19. The molecule has 1 heterocycles. The molecule has 0 spiro atoms. The Morgan fingerprint density at radius 1 is 0.793 bits per heavy atom. The van der Waals surface area contributed by atoms with Crippen molar-refractivity contribution < 1.29 is 14.0 Å². The van der Waals surface area contributed by atoms with Crippen LogP contribution in [0.1, 0.15) is 16.1 Å². The molecule has 0 aliphatic carbocycles. The topological polar surface area (TPSA) is 71.3 Å². The minimum Gasteiger partial charge on any atom is -0.459 e. The molecular weight excluding hydrogens is 364 g/mol. The molecule has 1 aromatic heterocycles. The van der Waals surface area contributed by atoms with Gasteiger partial charge >= 0.3 is 0 Å². The molecule has 0 unspecified atom stereocenters. The van der Waals surface area contributed by atoms with E-state index in [4.69, 9.17) is 4.42 Å². The Hall–Kier alpha value is -4.12. The lowest BCUT2D eigenvalue weighted by atomic mass is 10.1. The molecule has 0 radical (unpaired) electrons. The summed E-state index contributed by atoms with van der Waals surface area (Å²) in [7, 11) is 0. The number of benzene rings is 3. The molecule has 0 saturated heterocycles.